The number of amides is 1. The van der Waals surface area contributed by atoms with Gasteiger partial charge in [0.15, 0.2) is 0 Å². The topological polar surface area (TPSA) is 42.8 Å². The largest absolute Gasteiger partial charge is 0.370 e. The van der Waals surface area contributed by atoms with E-state index in [0.29, 0.717) is 13.0 Å². The Labute approximate surface area is 118 Å². The molecule has 0 radical (unpaired) electrons. The van der Waals surface area contributed by atoms with Gasteiger partial charge >= 0.3 is 0 Å². The third-order valence-corrected chi connectivity index (χ3v) is 4.46. The predicted octanol–water partition coefficient (Wildman–Crippen LogP) is 0.101. The molecule has 4 nitrogen and oxygen atoms in total. The molecule has 0 bridgehead atoms. The van der Waals surface area contributed by atoms with Gasteiger partial charge in [0.2, 0.25) is 5.91 Å². The summed E-state index contributed by atoms with van der Waals surface area (Å²) >= 11 is 1.63. The van der Waals surface area contributed by atoms with E-state index in [2.05, 4.69) is 19.2 Å². The van der Waals surface area contributed by atoms with E-state index < -0.39 is 0 Å². The average Bonchev–Trinajstić information content (AvgIpc) is 2.90. The van der Waals surface area contributed by atoms with Gasteiger partial charge in [-0.25, -0.2) is 0 Å². The lowest BCUT2D eigenvalue weighted by Gasteiger charge is -2.37. The lowest BCUT2D eigenvalue weighted by molar-refractivity contribution is -0.954. The van der Waals surface area contributed by atoms with Crippen molar-refractivity contribution in [3.8, 4) is 0 Å². The second-order valence-corrected chi connectivity index (χ2v) is 6.46. The van der Waals surface area contributed by atoms with Crippen LogP contribution >= 0.6 is 11.3 Å². The summed E-state index contributed by atoms with van der Waals surface area (Å²) < 4.78 is 5.38. The summed E-state index contributed by atoms with van der Waals surface area (Å²) in [4.78, 5) is 13.4. The molecule has 5 heteroatoms. The highest BCUT2D eigenvalue weighted by Gasteiger charge is 2.32. The highest BCUT2D eigenvalue weighted by molar-refractivity contribution is 7.07. The Kier molecular flexibility index (Phi) is 4.96. The number of hydrogen-bond acceptors (Lipinski definition) is 3. The van der Waals surface area contributed by atoms with E-state index in [1.54, 1.807) is 11.3 Å². The molecule has 1 aliphatic rings. The molecule has 0 atom stereocenters. The molecule has 1 aromatic heterocycles. The third-order valence-electron chi connectivity index (χ3n) is 3.73. The molecule has 1 aliphatic heterocycles. The molecule has 2 N–H and O–H groups in total. The average molecular weight is 283 g/mol. The highest BCUT2D eigenvalue weighted by atomic mass is 32.1. The summed E-state index contributed by atoms with van der Waals surface area (Å²) in [5, 5.41) is 7.09. The van der Waals surface area contributed by atoms with Gasteiger partial charge in [-0.15, -0.1) is 0 Å². The van der Waals surface area contributed by atoms with E-state index >= 15 is 0 Å². The second kappa shape index (κ2) is 6.50. The van der Waals surface area contributed by atoms with Gasteiger partial charge in [-0.05, 0) is 36.2 Å². The molecule has 1 fully saturated rings. The Hall–Kier alpha value is -0.910. The highest BCUT2D eigenvalue weighted by Crippen LogP contribution is 2.06. The molecule has 0 aromatic carbocycles. The van der Waals surface area contributed by atoms with Crippen molar-refractivity contribution < 1.29 is 14.4 Å². The molecule has 2 rings (SSSR count). The summed E-state index contributed by atoms with van der Waals surface area (Å²) in [7, 11) is 0. The van der Waals surface area contributed by atoms with Gasteiger partial charge in [0.05, 0.1) is 26.2 Å². The standard InChI is InChI=1S/C14H22N2O2S/c1-14(2,16-4-6-18-7-5-16)11-15-13(17)9-12-3-8-19-10-12/h3,8,10H,4-7,9,11H2,1-2H3,(H,15,17)/p+1. The van der Waals surface area contributed by atoms with Gasteiger partial charge in [0.25, 0.3) is 0 Å². The lowest BCUT2D eigenvalue weighted by Crippen LogP contribution is -3.22. The maximum atomic E-state index is 11.9. The monoisotopic (exact) mass is 283 g/mol. The fourth-order valence-corrected chi connectivity index (χ4v) is 3.05. The van der Waals surface area contributed by atoms with E-state index in [1.807, 2.05) is 16.8 Å². The zero-order valence-corrected chi connectivity index (χ0v) is 12.5. The van der Waals surface area contributed by atoms with Crippen LogP contribution in [-0.2, 0) is 16.0 Å². The first-order chi connectivity index (χ1) is 9.08. The van der Waals surface area contributed by atoms with Crippen LogP contribution in [0.15, 0.2) is 16.8 Å². The van der Waals surface area contributed by atoms with Crippen molar-refractivity contribution in [1.82, 2.24) is 5.32 Å². The zero-order chi connectivity index (χ0) is 13.7. The van der Waals surface area contributed by atoms with Crippen LogP contribution in [0.4, 0.5) is 0 Å². The Bertz CT molecular complexity index is 398. The number of carbonyl (C=O) groups excluding carboxylic acids is 1. The summed E-state index contributed by atoms with van der Waals surface area (Å²) in [5.41, 5.74) is 1.16. The van der Waals surface area contributed by atoms with Crippen molar-refractivity contribution in [2.45, 2.75) is 25.8 Å². The molecular formula is C14H23N2O2S+. The van der Waals surface area contributed by atoms with E-state index in [9.17, 15) is 4.79 Å². The van der Waals surface area contributed by atoms with Crippen molar-refractivity contribution in [1.29, 1.82) is 0 Å². The number of morpholine rings is 1. The molecule has 0 saturated carbocycles. The summed E-state index contributed by atoms with van der Waals surface area (Å²) in [6.07, 6.45) is 0.484. The Morgan fingerprint density at radius 3 is 2.84 bits per heavy atom. The summed E-state index contributed by atoms with van der Waals surface area (Å²) in [5.74, 6) is 0.110. The maximum Gasteiger partial charge on any atom is 0.224 e. The minimum Gasteiger partial charge on any atom is -0.370 e. The van der Waals surface area contributed by atoms with Crippen LogP contribution in [0.2, 0.25) is 0 Å². The molecule has 19 heavy (non-hydrogen) atoms. The number of quaternary nitrogens is 1. The third kappa shape index (κ3) is 4.30. The van der Waals surface area contributed by atoms with Crippen molar-refractivity contribution in [3.05, 3.63) is 22.4 Å². The Morgan fingerprint density at radius 1 is 1.47 bits per heavy atom. The summed E-state index contributed by atoms with van der Waals surface area (Å²) in [6, 6.07) is 2.00. The smallest absolute Gasteiger partial charge is 0.224 e. The molecular weight excluding hydrogens is 260 g/mol. The molecule has 0 unspecified atom stereocenters. The molecule has 0 aliphatic carbocycles. The minimum absolute atomic E-state index is 0.0636. The first-order valence-corrected chi connectivity index (χ1v) is 7.73. The van der Waals surface area contributed by atoms with Crippen molar-refractivity contribution >= 4 is 17.2 Å². The fourth-order valence-electron chi connectivity index (χ4n) is 2.38. The SMILES string of the molecule is CC(C)(CNC(=O)Cc1ccsc1)[NH+]1CCOCC1. The van der Waals surface area contributed by atoms with Gasteiger partial charge in [-0.2, -0.15) is 11.3 Å². The number of nitrogens with one attached hydrogen (secondary N) is 2. The lowest BCUT2D eigenvalue weighted by atomic mass is 10.0. The van der Waals surface area contributed by atoms with E-state index in [4.69, 9.17) is 4.74 Å². The van der Waals surface area contributed by atoms with Crippen LogP contribution in [-0.4, -0.2) is 44.3 Å². The van der Waals surface area contributed by atoms with Gasteiger partial charge in [-0.3, -0.25) is 4.79 Å². The Morgan fingerprint density at radius 2 is 2.21 bits per heavy atom. The minimum atomic E-state index is 0.0636. The maximum absolute atomic E-state index is 11.9. The van der Waals surface area contributed by atoms with Crippen LogP contribution in [0.5, 0.6) is 0 Å². The predicted molar refractivity (Wildman–Crippen MR) is 76.6 cm³/mol. The van der Waals surface area contributed by atoms with Crippen LogP contribution in [0, 0.1) is 0 Å². The van der Waals surface area contributed by atoms with Gasteiger partial charge < -0.3 is 15.0 Å². The van der Waals surface area contributed by atoms with Gasteiger partial charge in [0, 0.05) is 0 Å². The van der Waals surface area contributed by atoms with E-state index in [1.165, 1.54) is 4.90 Å². The zero-order valence-electron chi connectivity index (χ0n) is 11.7. The van der Waals surface area contributed by atoms with Gasteiger partial charge in [0.1, 0.15) is 18.6 Å². The van der Waals surface area contributed by atoms with Crippen LogP contribution in [0.1, 0.15) is 19.4 Å². The van der Waals surface area contributed by atoms with Gasteiger partial charge in [-0.1, -0.05) is 0 Å². The van der Waals surface area contributed by atoms with Crippen LogP contribution in [0.3, 0.4) is 0 Å². The quantitative estimate of drug-likeness (QED) is 0.805. The van der Waals surface area contributed by atoms with E-state index in [-0.39, 0.29) is 11.4 Å². The van der Waals surface area contributed by atoms with Crippen LogP contribution in [0.25, 0.3) is 0 Å². The molecule has 0 spiro atoms. The Balaban J connectivity index is 1.78. The van der Waals surface area contributed by atoms with Crippen molar-refractivity contribution in [2.75, 3.05) is 32.8 Å². The van der Waals surface area contributed by atoms with Crippen molar-refractivity contribution in [2.24, 2.45) is 0 Å². The number of carbonyl (C=O) groups is 1. The molecule has 2 heterocycles. The van der Waals surface area contributed by atoms with E-state index in [0.717, 1.165) is 31.9 Å². The number of rotatable bonds is 5. The number of thiophene rings is 1. The molecule has 1 amide bonds. The second-order valence-electron chi connectivity index (χ2n) is 5.68. The normalized spacial score (nSPS) is 17.4. The van der Waals surface area contributed by atoms with Crippen LogP contribution < -0.4 is 10.2 Å². The molecule has 1 saturated heterocycles. The first kappa shape index (κ1) is 14.5. The molecule has 1 aromatic rings. The fraction of sp³-hybridized carbons (Fsp3) is 0.643. The number of hydrogen-bond donors (Lipinski definition) is 2. The first-order valence-electron chi connectivity index (χ1n) is 6.78. The molecule has 106 valence electrons. The summed E-state index contributed by atoms with van der Waals surface area (Å²) in [6.45, 7) is 8.81. The van der Waals surface area contributed by atoms with Crippen molar-refractivity contribution in [3.63, 3.8) is 0 Å². The number of ether oxygens (including phenoxy) is 1.